The average molecular weight is 282 g/mol. The first-order valence-electron chi connectivity index (χ1n) is 7.69. The summed E-state index contributed by atoms with van der Waals surface area (Å²) in [6.45, 7) is 2.20. The molecule has 0 atom stereocenters. The summed E-state index contributed by atoms with van der Waals surface area (Å²) < 4.78 is 0. The summed E-state index contributed by atoms with van der Waals surface area (Å²) in [5.74, 6) is 0. The molecule has 3 aromatic rings. The van der Waals surface area contributed by atoms with Crippen LogP contribution in [-0.2, 0) is 6.42 Å². The van der Waals surface area contributed by atoms with Gasteiger partial charge in [0.15, 0.2) is 0 Å². The topological polar surface area (TPSA) is 24.7 Å². The highest BCUT2D eigenvalue weighted by Crippen LogP contribution is 2.32. The van der Waals surface area contributed by atoms with Crippen LogP contribution in [0.2, 0.25) is 0 Å². The van der Waals surface area contributed by atoms with Crippen LogP contribution in [0.1, 0.15) is 12.5 Å². The molecule has 104 valence electrons. The molecule has 0 saturated carbocycles. The number of rotatable bonds is 1. The van der Waals surface area contributed by atoms with Crippen molar-refractivity contribution in [3.05, 3.63) is 91.7 Å². The van der Waals surface area contributed by atoms with Crippen molar-refractivity contribution >= 4 is 11.4 Å². The minimum atomic E-state index is 0.965. The maximum absolute atomic E-state index is 4.89. The SMILES string of the molecule is CCc1c2c(cc3c1=c1ccccc1=N3)=c1ccccc1=N2. The fraction of sp³-hybridized carbons (Fsp3) is 0.100. The summed E-state index contributed by atoms with van der Waals surface area (Å²) in [6.07, 6.45) is 0.965. The number of hydrogen-bond donors (Lipinski definition) is 0. The molecule has 2 nitrogen and oxygen atoms in total. The number of nitrogens with zero attached hydrogens (tertiary/aromatic N) is 2. The lowest BCUT2D eigenvalue weighted by molar-refractivity contribution is 1.11. The molecule has 0 radical (unpaired) electrons. The van der Waals surface area contributed by atoms with Gasteiger partial charge in [0.2, 0.25) is 0 Å². The zero-order valence-electron chi connectivity index (χ0n) is 12.3. The van der Waals surface area contributed by atoms with Crippen molar-refractivity contribution in [3.63, 3.8) is 0 Å². The van der Waals surface area contributed by atoms with Crippen molar-refractivity contribution in [3.8, 4) is 0 Å². The Labute approximate surface area is 127 Å². The number of fused-ring (bicyclic) bond motifs is 4. The van der Waals surface area contributed by atoms with Gasteiger partial charge in [-0.1, -0.05) is 43.3 Å². The lowest BCUT2D eigenvalue weighted by Gasteiger charge is -2.04. The Hall–Kier alpha value is -2.74. The number of benzene rings is 3. The zero-order valence-corrected chi connectivity index (χ0v) is 12.3. The van der Waals surface area contributed by atoms with Crippen LogP contribution in [0.3, 0.4) is 0 Å². The van der Waals surface area contributed by atoms with Crippen molar-refractivity contribution < 1.29 is 0 Å². The summed E-state index contributed by atoms with van der Waals surface area (Å²) >= 11 is 0. The van der Waals surface area contributed by atoms with Crippen molar-refractivity contribution in [2.75, 3.05) is 0 Å². The third-order valence-corrected chi connectivity index (χ3v) is 4.57. The predicted molar refractivity (Wildman–Crippen MR) is 85.7 cm³/mol. The normalized spacial score (nSPS) is 12.8. The van der Waals surface area contributed by atoms with Crippen molar-refractivity contribution in [2.24, 2.45) is 9.98 Å². The molecule has 2 aliphatic rings. The van der Waals surface area contributed by atoms with Gasteiger partial charge >= 0.3 is 0 Å². The van der Waals surface area contributed by atoms with E-state index in [-0.39, 0.29) is 0 Å². The summed E-state index contributed by atoms with van der Waals surface area (Å²) in [7, 11) is 0. The molecule has 22 heavy (non-hydrogen) atoms. The molecule has 0 aliphatic carbocycles. The van der Waals surface area contributed by atoms with E-state index < -0.39 is 0 Å². The quantitative estimate of drug-likeness (QED) is 0.450. The van der Waals surface area contributed by atoms with Gasteiger partial charge in [-0.25, -0.2) is 9.98 Å². The van der Waals surface area contributed by atoms with Crippen LogP contribution in [0.15, 0.2) is 64.6 Å². The Kier molecular flexibility index (Phi) is 2.23. The van der Waals surface area contributed by atoms with Gasteiger partial charge in [0.1, 0.15) is 0 Å². The van der Waals surface area contributed by atoms with Gasteiger partial charge in [-0.05, 0) is 30.2 Å². The molecule has 2 heteroatoms. The highest BCUT2D eigenvalue weighted by atomic mass is 14.8. The molecule has 0 spiro atoms. The second kappa shape index (κ2) is 4.14. The fourth-order valence-corrected chi connectivity index (χ4v) is 3.61. The molecule has 2 heterocycles. The van der Waals surface area contributed by atoms with Crippen molar-refractivity contribution in [2.45, 2.75) is 13.3 Å². The first-order valence-corrected chi connectivity index (χ1v) is 7.69. The van der Waals surface area contributed by atoms with Gasteiger partial charge in [-0.3, -0.25) is 0 Å². The summed E-state index contributed by atoms with van der Waals surface area (Å²) in [5.41, 5.74) is 3.54. The molecule has 3 aromatic carbocycles. The molecular formula is C20H14N2. The molecule has 0 saturated heterocycles. The summed E-state index contributed by atoms with van der Waals surface area (Å²) in [6, 6.07) is 19.0. The van der Waals surface area contributed by atoms with Crippen molar-refractivity contribution in [1.82, 2.24) is 0 Å². The minimum Gasteiger partial charge on any atom is -0.248 e. The Morgan fingerprint density at radius 2 is 1.45 bits per heavy atom. The van der Waals surface area contributed by atoms with E-state index in [9.17, 15) is 0 Å². The first-order chi connectivity index (χ1) is 10.9. The third-order valence-electron chi connectivity index (χ3n) is 4.57. The lowest BCUT2D eigenvalue weighted by Crippen LogP contribution is -1.98. The van der Waals surface area contributed by atoms with Gasteiger partial charge < -0.3 is 0 Å². The van der Waals surface area contributed by atoms with E-state index in [1.807, 2.05) is 12.1 Å². The Morgan fingerprint density at radius 1 is 0.773 bits per heavy atom. The van der Waals surface area contributed by atoms with Crippen LogP contribution < -0.4 is 10.7 Å². The highest BCUT2D eigenvalue weighted by molar-refractivity contribution is 5.61. The van der Waals surface area contributed by atoms with Crippen molar-refractivity contribution in [1.29, 1.82) is 0 Å². The molecule has 0 aromatic heterocycles. The number of hydrogen-bond acceptors (Lipinski definition) is 2. The van der Waals surface area contributed by atoms with Crippen LogP contribution in [0.5, 0.6) is 0 Å². The highest BCUT2D eigenvalue weighted by Gasteiger charge is 2.15. The van der Waals surface area contributed by atoms with Crippen LogP contribution in [0, 0.1) is 20.9 Å². The predicted octanol–water partition coefficient (Wildman–Crippen LogP) is 3.35. The van der Waals surface area contributed by atoms with E-state index in [0.29, 0.717) is 0 Å². The van der Waals surface area contributed by atoms with E-state index in [1.165, 1.54) is 26.4 Å². The second-order valence-corrected chi connectivity index (χ2v) is 5.76. The molecule has 0 amide bonds. The zero-order chi connectivity index (χ0) is 14.7. The maximum atomic E-state index is 4.89. The maximum Gasteiger partial charge on any atom is 0.0755 e. The van der Waals surface area contributed by atoms with Gasteiger partial charge in [-0.15, -0.1) is 0 Å². The van der Waals surface area contributed by atoms with Crippen LogP contribution in [0.4, 0.5) is 11.4 Å². The molecule has 0 bridgehead atoms. The largest absolute Gasteiger partial charge is 0.248 e. The monoisotopic (exact) mass is 282 g/mol. The minimum absolute atomic E-state index is 0.965. The molecular weight excluding hydrogens is 268 g/mol. The van der Waals surface area contributed by atoms with Crippen LogP contribution >= 0.6 is 0 Å². The molecule has 0 fully saturated rings. The smallest absolute Gasteiger partial charge is 0.0755 e. The van der Waals surface area contributed by atoms with Gasteiger partial charge in [0.25, 0.3) is 0 Å². The first kappa shape index (κ1) is 11.9. The van der Waals surface area contributed by atoms with E-state index in [2.05, 4.69) is 49.4 Å². The average Bonchev–Trinajstić information content (AvgIpc) is 3.11. The van der Waals surface area contributed by atoms with Gasteiger partial charge in [0.05, 0.1) is 22.1 Å². The molecule has 0 unspecified atom stereocenters. The number of para-hydroxylation sites is 2. The second-order valence-electron chi connectivity index (χ2n) is 5.76. The summed E-state index contributed by atoms with van der Waals surface area (Å²) in [5, 5.41) is 7.11. The van der Waals surface area contributed by atoms with E-state index >= 15 is 0 Å². The van der Waals surface area contributed by atoms with Crippen LogP contribution in [-0.4, -0.2) is 0 Å². The fourth-order valence-electron chi connectivity index (χ4n) is 3.61. The Balaban J connectivity index is 2.12. The Morgan fingerprint density at radius 3 is 2.23 bits per heavy atom. The lowest BCUT2D eigenvalue weighted by atomic mass is 10.0. The standard InChI is InChI=1S/C20H14N2/c1-2-12-19-14-8-4-6-10-17(14)21-18(19)11-15-13-7-3-5-9-16(13)22-20(12)15/h3-11H,2H2,1H3. The van der Waals surface area contributed by atoms with Crippen LogP contribution in [0.25, 0.3) is 0 Å². The molecule has 0 N–H and O–H groups in total. The van der Waals surface area contributed by atoms with Gasteiger partial charge in [-0.2, -0.15) is 0 Å². The van der Waals surface area contributed by atoms with E-state index in [1.54, 1.807) is 0 Å². The molecule has 5 rings (SSSR count). The third kappa shape index (κ3) is 1.39. The molecule has 2 aliphatic heterocycles. The summed E-state index contributed by atoms with van der Waals surface area (Å²) in [4.78, 5) is 9.73. The van der Waals surface area contributed by atoms with E-state index in [0.717, 1.165) is 28.5 Å². The van der Waals surface area contributed by atoms with Gasteiger partial charge in [0, 0.05) is 20.9 Å². The van der Waals surface area contributed by atoms with E-state index in [4.69, 9.17) is 9.98 Å². The Bertz CT molecular complexity index is 1250.